The normalized spacial score (nSPS) is 19.3. The summed E-state index contributed by atoms with van der Waals surface area (Å²) < 4.78 is 20.2. The van der Waals surface area contributed by atoms with Crippen LogP contribution >= 0.6 is 0 Å². The van der Waals surface area contributed by atoms with Crippen molar-refractivity contribution in [1.29, 1.82) is 0 Å². The third-order valence-electron chi connectivity index (χ3n) is 5.70. The standard InChI is InChI=1S/C23H29FO3/c1-13(2)16-8-9-23(4,5)19-11-20(27-12-15-6-7-15)17(10-18(16)19)14(3)21(24)22(25)26/h8,10-11,13,15H,6-7,9,12H2,1-5H3,(H,25,26)/p-1/b21-14+. The van der Waals surface area contributed by atoms with Gasteiger partial charge in [-0.05, 0) is 77.8 Å². The summed E-state index contributed by atoms with van der Waals surface area (Å²) in [5.74, 6) is -1.60. The fourth-order valence-electron chi connectivity index (χ4n) is 3.69. The molecule has 3 rings (SSSR count). The van der Waals surface area contributed by atoms with Crippen LogP contribution in [0.3, 0.4) is 0 Å². The van der Waals surface area contributed by atoms with Gasteiger partial charge in [0.15, 0.2) is 0 Å². The summed E-state index contributed by atoms with van der Waals surface area (Å²) >= 11 is 0. The molecule has 0 saturated heterocycles. The number of carboxylic acids is 1. The van der Waals surface area contributed by atoms with Crippen LogP contribution in [0.2, 0.25) is 0 Å². The van der Waals surface area contributed by atoms with E-state index in [1.165, 1.54) is 18.1 Å². The summed E-state index contributed by atoms with van der Waals surface area (Å²) in [6.07, 6.45) is 5.47. The second-order valence-corrected chi connectivity index (χ2v) is 8.78. The molecule has 1 fully saturated rings. The maximum Gasteiger partial charge on any atom is 0.149 e. The van der Waals surface area contributed by atoms with E-state index < -0.39 is 11.8 Å². The van der Waals surface area contributed by atoms with Crippen LogP contribution in [0.5, 0.6) is 5.75 Å². The SMILES string of the molecule is C/C(=C(\F)C(=O)[O-])c1cc2c(cc1OCC1CC1)C(C)(C)CC=C2C(C)C. The van der Waals surface area contributed by atoms with E-state index in [4.69, 9.17) is 4.74 Å². The quantitative estimate of drug-likeness (QED) is 0.684. The largest absolute Gasteiger partial charge is 0.542 e. The van der Waals surface area contributed by atoms with Gasteiger partial charge in [-0.1, -0.05) is 33.8 Å². The first-order valence-corrected chi connectivity index (χ1v) is 9.71. The minimum absolute atomic E-state index is 0.0510. The van der Waals surface area contributed by atoms with E-state index >= 15 is 0 Å². The van der Waals surface area contributed by atoms with E-state index in [9.17, 15) is 14.3 Å². The van der Waals surface area contributed by atoms with Crippen LogP contribution in [0.25, 0.3) is 11.1 Å². The summed E-state index contributed by atoms with van der Waals surface area (Å²) in [7, 11) is 0. The van der Waals surface area contributed by atoms with Gasteiger partial charge in [-0.15, -0.1) is 0 Å². The Hall–Kier alpha value is -2.10. The van der Waals surface area contributed by atoms with Crippen molar-refractivity contribution in [3.63, 3.8) is 0 Å². The number of rotatable bonds is 6. The lowest BCUT2D eigenvalue weighted by atomic mass is 9.70. The average Bonchev–Trinajstić information content (AvgIpc) is 3.42. The highest BCUT2D eigenvalue weighted by atomic mass is 19.1. The zero-order chi connectivity index (χ0) is 19.9. The fourth-order valence-corrected chi connectivity index (χ4v) is 3.69. The van der Waals surface area contributed by atoms with Gasteiger partial charge in [-0.3, -0.25) is 0 Å². The molecular formula is C23H28FO3-. The van der Waals surface area contributed by atoms with E-state index in [2.05, 4.69) is 33.8 Å². The van der Waals surface area contributed by atoms with Gasteiger partial charge in [0.25, 0.3) is 0 Å². The molecule has 146 valence electrons. The molecule has 3 nitrogen and oxygen atoms in total. The molecule has 0 heterocycles. The molecule has 0 N–H and O–H groups in total. The molecule has 0 aromatic heterocycles. The molecule has 27 heavy (non-hydrogen) atoms. The zero-order valence-electron chi connectivity index (χ0n) is 16.8. The number of fused-ring (bicyclic) bond motifs is 1. The van der Waals surface area contributed by atoms with Crippen molar-refractivity contribution in [2.24, 2.45) is 11.8 Å². The molecule has 0 atom stereocenters. The second kappa shape index (κ2) is 7.14. The van der Waals surface area contributed by atoms with Crippen molar-refractivity contribution in [3.05, 3.63) is 40.7 Å². The highest BCUT2D eigenvalue weighted by Gasteiger charge is 2.31. The third-order valence-corrected chi connectivity index (χ3v) is 5.70. The number of carbonyl (C=O) groups excluding carboxylic acids is 1. The molecule has 1 aromatic carbocycles. The van der Waals surface area contributed by atoms with Crippen LogP contribution in [0.1, 0.15) is 70.6 Å². The molecule has 1 saturated carbocycles. The van der Waals surface area contributed by atoms with Gasteiger partial charge >= 0.3 is 0 Å². The number of ether oxygens (including phenoxy) is 1. The molecule has 4 heteroatoms. The lowest BCUT2D eigenvalue weighted by Crippen LogP contribution is -2.24. The van der Waals surface area contributed by atoms with E-state index in [-0.39, 0.29) is 11.0 Å². The number of carboxylic acid groups (broad SMARTS) is 1. The first kappa shape index (κ1) is 19.7. The summed E-state index contributed by atoms with van der Waals surface area (Å²) in [6.45, 7) is 10.7. The molecule has 0 bridgehead atoms. The first-order valence-electron chi connectivity index (χ1n) is 9.71. The molecular weight excluding hydrogens is 343 g/mol. The van der Waals surface area contributed by atoms with Crippen molar-refractivity contribution in [2.75, 3.05) is 6.61 Å². The van der Waals surface area contributed by atoms with Gasteiger partial charge in [-0.2, -0.15) is 0 Å². The monoisotopic (exact) mass is 371 g/mol. The minimum atomic E-state index is -1.79. The minimum Gasteiger partial charge on any atom is -0.542 e. The molecule has 0 spiro atoms. The van der Waals surface area contributed by atoms with Gasteiger partial charge < -0.3 is 14.6 Å². The van der Waals surface area contributed by atoms with Crippen LogP contribution in [-0.4, -0.2) is 12.6 Å². The van der Waals surface area contributed by atoms with Gasteiger partial charge in [-0.25, -0.2) is 4.39 Å². The predicted molar refractivity (Wildman–Crippen MR) is 104 cm³/mol. The third kappa shape index (κ3) is 3.95. The fraction of sp³-hybridized carbons (Fsp3) is 0.522. The lowest BCUT2D eigenvalue weighted by Gasteiger charge is -2.34. The molecule has 2 aliphatic rings. The molecule has 0 aliphatic heterocycles. The highest BCUT2D eigenvalue weighted by molar-refractivity contribution is 5.94. The highest BCUT2D eigenvalue weighted by Crippen LogP contribution is 2.45. The van der Waals surface area contributed by atoms with Gasteiger partial charge in [0, 0.05) is 5.56 Å². The number of halogens is 1. The van der Waals surface area contributed by atoms with E-state index in [0.29, 0.717) is 29.8 Å². The van der Waals surface area contributed by atoms with E-state index in [1.54, 1.807) is 0 Å². The molecule has 2 aliphatic carbocycles. The van der Waals surface area contributed by atoms with Crippen molar-refractivity contribution >= 4 is 17.1 Å². The smallest absolute Gasteiger partial charge is 0.149 e. The molecule has 0 amide bonds. The Balaban J connectivity index is 2.18. The Morgan fingerprint density at radius 1 is 1.33 bits per heavy atom. The maximum atomic E-state index is 14.2. The van der Waals surface area contributed by atoms with Crippen molar-refractivity contribution in [3.8, 4) is 5.75 Å². The van der Waals surface area contributed by atoms with Crippen LogP contribution in [0, 0.1) is 11.8 Å². The average molecular weight is 371 g/mol. The Labute approximate surface area is 160 Å². The second-order valence-electron chi connectivity index (χ2n) is 8.78. The van der Waals surface area contributed by atoms with Gasteiger partial charge in [0.2, 0.25) is 0 Å². The number of hydrogen-bond acceptors (Lipinski definition) is 3. The lowest BCUT2D eigenvalue weighted by molar-refractivity contribution is -0.301. The molecule has 0 unspecified atom stereocenters. The summed E-state index contributed by atoms with van der Waals surface area (Å²) in [6, 6.07) is 3.90. The topological polar surface area (TPSA) is 49.4 Å². The Kier molecular flexibility index (Phi) is 5.20. The van der Waals surface area contributed by atoms with Gasteiger partial charge in [0.05, 0.1) is 6.61 Å². The maximum absolute atomic E-state index is 14.2. The first-order chi connectivity index (χ1) is 12.6. The number of hydrogen-bond donors (Lipinski definition) is 0. The van der Waals surface area contributed by atoms with Crippen LogP contribution < -0.4 is 9.84 Å². The van der Waals surface area contributed by atoms with Crippen molar-refractivity contribution in [2.45, 2.75) is 59.3 Å². The van der Waals surface area contributed by atoms with Gasteiger partial charge in [0.1, 0.15) is 17.5 Å². The zero-order valence-corrected chi connectivity index (χ0v) is 16.8. The summed E-state index contributed by atoms with van der Waals surface area (Å²) in [4.78, 5) is 11.1. The van der Waals surface area contributed by atoms with Crippen molar-refractivity contribution in [1.82, 2.24) is 0 Å². The number of aliphatic carboxylic acids is 1. The van der Waals surface area contributed by atoms with Crippen LogP contribution in [0.4, 0.5) is 4.39 Å². The Morgan fingerprint density at radius 3 is 2.56 bits per heavy atom. The summed E-state index contributed by atoms with van der Waals surface area (Å²) in [5, 5.41) is 11.1. The van der Waals surface area contributed by atoms with Crippen LogP contribution in [0.15, 0.2) is 24.0 Å². The molecule has 1 aromatic rings. The Bertz CT molecular complexity index is 826. The number of benzene rings is 1. The van der Waals surface area contributed by atoms with E-state index in [1.807, 2.05) is 12.1 Å². The number of carbonyl (C=O) groups is 1. The van der Waals surface area contributed by atoms with Crippen molar-refractivity contribution < 1.29 is 19.0 Å². The predicted octanol–water partition coefficient (Wildman–Crippen LogP) is 4.65. The summed E-state index contributed by atoms with van der Waals surface area (Å²) in [5.41, 5.74) is 3.93. The molecule has 0 radical (unpaired) electrons. The van der Waals surface area contributed by atoms with Crippen LogP contribution in [-0.2, 0) is 10.2 Å². The van der Waals surface area contributed by atoms with E-state index in [0.717, 1.165) is 24.8 Å². The number of allylic oxidation sites excluding steroid dienone is 3. The Morgan fingerprint density at radius 2 is 2.00 bits per heavy atom.